The quantitative estimate of drug-likeness (QED) is 0.601. The number of hydrogen-bond donors (Lipinski definition) is 4. The summed E-state index contributed by atoms with van der Waals surface area (Å²) in [5, 5.41) is 32.5. The largest absolute Gasteiger partial charge is 0.508 e. The molecule has 0 spiro atoms. The predicted molar refractivity (Wildman–Crippen MR) is 93.7 cm³/mol. The van der Waals surface area contributed by atoms with E-state index in [-0.39, 0.29) is 12.4 Å². The SMILES string of the molecule is OCc1cc(C(O)CNCC2(Cc3ccccc3)CC2)ccc1O. The summed E-state index contributed by atoms with van der Waals surface area (Å²) in [6.07, 6.45) is 2.87. The molecule has 0 heterocycles. The first kappa shape index (κ1) is 17.0. The zero-order chi connectivity index (χ0) is 17.0. The molecule has 0 amide bonds. The Hall–Kier alpha value is -1.88. The molecule has 0 radical (unpaired) electrons. The van der Waals surface area contributed by atoms with E-state index in [1.165, 1.54) is 24.5 Å². The molecule has 0 bridgehead atoms. The topological polar surface area (TPSA) is 72.7 Å². The third-order valence-electron chi connectivity index (χ3n) is 4.88. The van der Waals surface area contributed by atoms with Crippen LogP contribution in [-0.2, 0) is 13.0 Å². The fraction of sp³-hybridized carbons (Fsp3) is 0.400. The molecule has 0 aromatic heterocycles. The molecule has 3 rings (SSSR count). The van der Waals surface area contributed by atoms with Crippen LogP contribution in [0.2, 0.25) is 0 Å². The molecule has 128 valence electrons. The minimum atomic E-state index is -0.650. The third kappa shape index (κ3) is 4.15. The molecule has 24 heavy (non-hydrogen) atoms. The summed E-state index contributed by atoms with van der Waals surface area (Å²) in [7, 11) is 0. The van der Waals surface area contributed by atoms with Crippen LogP contribution in [-0.4, -0.2) is 28.4 Å². The first-order valence-corrected chi connectivity index (χ1v) is 8.47. The maximum Gasteiger partial charge on any atom is 0.121 e. The van der Waals surface area contributed by atoms with Crippen LogP contribution in [0.15, 0.2) is 48.5 Å². The molecule has 0 saturated heterocycles. The van der Waals surface area contributed by atoms with Crippen LogP contribution in [0.3, 0.4) is 0 Å². The van der Waals surface area contributed by atoms with Gasteiger partial charge in [-0.3, -0.25) is 0 Å². The summed E-state index contributed by atoms with van der Waals surface area (Å²) in [6, 6.07) is 15.4. The van der Waals surface area contributed by atoms with E-state index in [2.05, 4.69) is 29.6 Å². The lowest BCUT2D eigenvalue weighted by Gasteiger charge is -2.19. The monoisotopic (exact) mass is 327 g/mol. The first-order valence-electron chi connectivity index (χ1n) is 8.47. The van der Waals surface area contributed by atoms with E-state index < -0.39 is 6.10 Å². The average Bonchev–Trinajstić information content (AvgIpc) is 3.35. The number of nitrogens with one attached hydrogen (secondary N) is 1. The Morgan fingerprint density at radius 3 is 2.50 bits per heavy atom. The fourth-order valence-corrected chi connectivity index (χ4v) is 3.15. The van der Waals surface area contributed by atoms with Gasteiger partial charge in [0.25, 0.3) is 0 Å². The molecule has 4 nitrogen and oxygen atoms in total. The van der Waals surface area contributed by atoms with E-state index in [4.69, 9.17) is 0 Å². The molecule has 2 aromatic carbocycles. The van der Waals surface area contributed by atoms with Gasteiger partial charge in [0.05, 0.1) is 12.7 Å². The van der Waals surface area contributed by atoms with E-state index in [0.29, 0.717) is 23.1 Å². The summed E-state index contributed by atoms with van der Waals surface area (Å²) < 4.78 is 0. The summed E-state index contributed by atoms with van der Waals surface area (Å²) in [6.45, 7) is 1.12. The molecule has 4 heteroatoms. The van der Waals surface area contributed by atoms with Crippen molar-refractivity contribution in [3.63, 3.8) is 0 Å². The van der Waals surface area contributed by atoms with Crippen molar-refractivity contribution < 1.29 is 15.3 Å². The van der Waals surface area contributed by atoms with E-state index in [1.54, 1.807) is 12.1 Å². The third-order valence-corrected chi connectivity index (χ3v) is 4.88. The lowest BCUT2D eigenvalue weighted by atomic mass is 9.96. The second-order valence-corrected chi connectivity index (χ2v) is 6.86. The lowest BCUT2D eigenvalue weighted by molar-refractivity contribution is 0.171. The molecule has 1 saturated carbocycles. The molecule has 1 aliphatic rings. The van der Waals surface area contributed by atoms with Gasteiger partial charge in [-0.05, 0) is 47.9 Å². The summed E-state index contributed by atoms with van der Waals surface area (Å²) in [5.41, 5.74) is 2.83. The van der Waals surface area contributed by atoms with Gasteiger partial charge in [0, 0.05) is 18.7 Å². The summed E-state index contributed by atoms with van der Waals surface area (Å²) in [5.74, 6) is 0.0567. The van der Waals surface area contributed by atoms with Gasteiger partial charge in [-0.25, -0.2) is 0 Å². The number of aliphatic hydroxyl groups is 2. The van der Waals surface area contributed by atoms with Crippen molar-refractivity contribution in [3.05, 3.63) is 65.2 Å². The van der Waals surface area contributed by atoms with E-state index in [0.717, 1.165) is 13.0 Å². The summed E-state index contributed by atoms with van der Waals surface area (Å²) >= 11 is 0. The van der Waals surface area contributed by atoms with Crippen LogP contribution in [0.4, 0.5) is 0 Å². The highest BCUT2D eigenvalue weighted by molar-refractivity contribution is 5.36. The molecule has 1 aliphatic carbocycles. The molecular formula is C20H25NO3. The molecule has 1 unspecified atom stereocenters. The highest BCUT2D eigenvalue weighted by Crippen LogP contribution is 2.47. The van der Waals surface area contributed by atoms with Crippen molar-refractivity contribution in [1.29, 1.82) is 0 Å². The average molecular weight is 327 g/mol. The van der Waals surface area contributed by atoms with Gasteiger partial charge in [-0.2, -0.15) is 0 Å². The number of aromatic hydroxyl groups is 1. The fourth-order valence-electron chi connectivity index (χ4n) is 3.15. The first-order chi connectivity index (χ1) is 11.6. The highest BCUT2D eigenvalue weighted by Gasteiger charge is 2.41. The van der Waals surface area contributed by atoms with Crippen molar-refractivity contribution in [2.45, 2.75) is 32.0 Å². The molecular weight excluding hydrogens is 302 g/mol. The molecule has 0 aliphatic heterocycles. The molecule has 2 aromatic rings. The van der Waals surface area contributed by atoms with Crippen molar-refractivity contribution in [3.8, 4) is 5.75 Å². The number of phenols is 1. The van der Waals surface area contributed by atoms with Crippen LogP contribution in [0.25, 0.3) is 0 Å². The smallest absolute Gasteiger partial charge is 0.121 e. The number of aliphatic hydroxyl groups excluding tert-OH is 2. The van der Waals surface area contributed by atoms with Crippen molar-refractivity contribution in [2.75, 3.05) is 13.1 Å². The minimum absolute atomic E-state index is 0.0567. The zero-order valence-electron chi connectivity index (χ0n) is 13.8. The molecule has 4 N–H and O–H groups in total. The van der Waals surface area contributed by atoms with Crippen molar-refractivity contribution >= 4 is 0 Å². The van der Waals surface area contributed by atoms with Crippen LogP contribution < -0.4 is 5.32 Å². The van der Waals surface area contributed by atoms with Gasteiger partial charge in [-0.15, -0.1) is 0 Å². The van der Waals surface area contributed by atoms with E-state index in [9.17, 15) is 15.3 Å². The van der Waals surface area contributed by atoms with Gasteiger partial charge in [0.1, 0.15) is 5.75 Å². The van der Waals surface area contributed by atoms with Gasteiger partial charge in [-0.1, -0.05) is 36.4 Å². The minimum Gasteiger partial charge on any atom is -0.508 e. The normalized spacial score (nSPS) is 16.8. The Morgan fingerprint density at radius 2 is 1.83 bits per heavy atom. The Labute approximate surface area is 142 Å². The maximum atomic E-state index is 10.3. The van der Waals surface area contributed by atoms with Crippen LogP contribution in [0.1, 0.15) is 35.6 Å². The predicted octanol–water partition coefficient (Wildman–Crippen LogP) is 2.53. The zero-order valence-corrected chi connectivity index (χ0v) is 13.8. The Balaban J connectivity index is 1.51. The Morgan fingerprint density at radius 1 is 1.08 bits per heavy atom. The lowest BCUT2D eigenvalue weighted by Crippen LogP contribution is -2.29. The van der Waals surface area contributed by atoms with Crippen LogP contribution in [0, 0.1) is 5.41 Å². The summed E-state index contributed by atoms with van der Waals surface area (Å²) in [4.78, 5) is 0. The highest BCUT2D eigenvalue weighted by atomic mass is 16.3. The van der Waals surface area contributed by atoms with Gasteiger partial charge in [0.2, 0.25) is 0 Å². The number of hydrogen-bond acceptors (Lipinski definition) is 4. The van der Waals surface area contributed by atoms with Gasteiger partial charge >= 0.3 is 0 Å². The Kier molecular flexibility index (Phi) is 5.19. The van der Waals surface area contributed by atoms with E-state index >= 15 is 0 Å². The van der Waals surface area contributed by atoms with Crippen molar-refractivity contribution in [1.82, 2.24) is 5.32 Å². The molecule has 1 atom stereocenters. The number of benzene rings is 2. The second kappa shape index (κ2) is 7.34. The van der Waals surface area contributed by atoms with Crippen LogP contribution in [0.5, 0.6) is 5.75 Å². The molecule has 1 fully saturated rings. The second-order valence-electron chi connectivity index (χ2n) is 6.86. The van der Waals surface area contributed by atoms with Gasteiger partial charge in [0.15, 0.2) is 0 Å². The van der Waals surface area contributed by atoms with Gasteiger partial charge < -0.3 is 20.6 Å². The Bertz CT molecular complexity index is 668. The van der Waals surface area contributed by atoms with Crippen molar-refractivity contribution in [2.24, 2.45) is 5.41 Å². The standard InChI is InChI=1S/C20H25NO3/c22-13-17-10-16(6-7-18(17)23)19(24)12-21-14-20(8-9-20)11-15-4-2-1-3-5-15/h1-7,10,19,21-24H,8-9,11-14H2. The van der Waals surface area contributed by atoms with E-state index in [1.807, 2.05) is 6.07 Å². The maximum absolute atomic E-state index is 10.3. The number of rotatable bonds is 8. The van der Waals surface area contributed by atoms with Crippen LogP contribution >= 0.6 is 0 Å².